The Labute approximate surface area is 183 Å². The molecule has 1 unspecified atom stereocenters. The number of halogens is 3. The molecule has 2 aromatic heterocycles. The zero-order valence-electron chi connectivity index (χ0n) is 15.6. The number of hydrogen-bond donors (Lipinski definition) is 3. The van der Waals surface area contributed by atoms with Gasteiger partial charge in [0.2, 0.25) is 0 Å². The van der Waals surface area contributed by atoms with Crippen LogP contribution in [0.5, 0.6) is 0 Å². The highest BCUT2D eigenvalue weighted by molar-refractivity contribution is 5.86. The summed E-state index contributed by atoms with van der Waals surface area (Å²) >= 11 is 0. The van der Waals surface area contributed by atoms with Crippen molar-refractivity contribution in [2.75, 3.05) is 26.2 Å². The lowest BCUT2D eigenvalue weighted by molar-refractivity contribution is 0.0258. The van der Waals surface area contributed by atoms with E-state index in [-0.39, 0.29) is 55.5 Å². The molecule has 2 fully saturated rings. The molecule has 0 saturated carbocycles. The normalized spacial score (nSPS) is 24.7. The van der Waals surface area contributed by atoms with E-state index in [9.17, 15) is 5.11 Å². The summed E-state index contributed by atoms with van der Waals surface area (Å²) in [5.74, 6) is 0. The summed E-state index contributed by atoms with van der Waals surface area (Å²) in [6.45, 7) is 4.15. The zero-order chi connectivity index (χ0) is 17.1. The minimum absolute atomic E-state index is 0. The molecule has 28 heavy (non-hydrogen) atoms. The summed E-state index contributed by atoms with van der Waals surface area (Å²) in [6, 6.07) is 0.204. The van der Waals surface area contributed by atoms with Gasteiger partial charge in [-0.05, 0) is 32.2 Å². The summed E-state index contributed by atoms with van der Waals surface area (Å²) in [7, 11) is 0. The number of rotatable bonds is 5. The van der Waals surface area contributed by atoms with Crippen LogP contribution in [0.15, 0.2) is 12.7 Å². The van der Waals surface area contributed by atoms with E-state index >= 15 is 0 Å². The molecule has 0 radical (unpaired) electrons. The molecule has 2 aromatic rings. The van der Waals surface area contributed by atoms with Crippen molar-refractivity contribution in [1.82, 2.24) is 30.2 Å². The second-order valence-electron chi connectivity index (χ2n) is 6.85. The molecule has 0 bridgehead atoms. The predicted molar refractivity (Wildman–Crippen MR) is 115 cm³/mol. The summed E-state index contributed by atoms with van der Waals surface area (Å²) in [6.07, 6.45) is 7.03. The third-order valence-electron chi connectivity index (χ3n) is 5.12. The van der Waals surface area contributed by atoms with Crippen LogP contribution in [0.2, 0.25) is 0 Å². The maximum Gasteiger partial charge on any atom is 0.163 e. The van der Waals surface area contributed by atoms with E-state index in [1.54, 1.807) is 6.33 Å². The molecule has 4 rings (SSSR count). The van der Waals surface area contributed by atoms with Gasteiger partial charge in [0, 0.05) is 25.7 Å². The van der Waals surface area contributed by atoms with Crippen molar-refractivity contribution < 1.29 is 9.84 Å². The first-order chi connectivity index (χ1) is 12.3. The van der Waals surface area contributed by atoms with E-state index in [2.05, 4.69) is 30.2 Å². The Bertz CT molecular complexity index is 713. The van der Waals surface area contributed by atoms with Crippen LogP contribution in [0.1, 0.15) is 37.5 Å². The number of morpholine rings is 1. The molecular weight excluding hydrogens is 427 g/mol. The molecule has 2 aliphatic heterocycles. The summed E-state index contributed by atoms with van der Waals surface area (Å²) in [5, 5.41) is 16.8. The molecule has 3 atom stereocenters. The van der Waals surface area contributed by atoms with Gasteiger partial charge in [0.1, 0.15) is 23.6 Å². The van der Waals surface area contributed by atoms with Crippen molar-refractivity contribution in [2.45, 2.75) is 50.5 Å². The van der Waals surface area contributed by atoms with Gasteiger partial charge in [0.05, 0.1) is 19.0 Å². The van der Waals surface area contributed by atoms with E-state index < -0.39 is 0 Å². The summed E-state index contributed by atoms with van der Waals surface area (Å²) in [5.41, 5.74) is 2.55. The third-order valence-corrected chi connectivity index (χ3v) is 5.12. The first-order valence-corrected chi connectivity index (χ1v) is 9.22. The quantitative estimate of drug-likeness (QED) is 0.630. The second-order valence-corrected chi connectivity index (χ2v) is 6.85. The fourth-order valence-electron chi connectivity index (χ4n) is 3.75. The molecule has 4 heterocycles. The third kappa shape index (κ3) is 5.66. The van der Waals surface area contributed by atoms with E-state index in [1.165, 1.54) is 0 Å². The smallest absolute Gasteiger partial charge is 0.163 e. The molecular formula is C17H29Cl3N6O2. The average Bonchev–Trinajstić information content (AvgIpc) is 3.07. The Morgan fingerprint density at radius 1 is 1.18 bits per heavy atom. The van der Waals surface area contributed by atoms with Gasteiger partial charge in [-0.15, -0.1) is 37.2 Å². The highest BCUT2D eigenvalue weighted by atomic mass is 35.5. The van der Waals surface area contributed by atoms with Gasteiger partial charge < -0.3 is 25.0 Å². The van der Waals surface area contributed by atoms with Crippen LogP contribution >= 0.6 is 37.2 Å². The number of nitrogens with one attached hydrogen (secondary N) is 2. The number of nitrogens with zero attached hydrogens (tertiary/aromatic N) is 4. The van der Waals surface area contributed by atoms with Gasteiger partial charge in [-0.1, -0.05) is 0 Å². The number of piperidine rings is 1. The number of fused-ring (bicyclic) bond motifs is 1. The minimum Gasteiger partial charge on any atom is -0.392 e. The molecule has 2 saturated heterocycles. The van der Waals surface area contributed by atoms with Gasteiger partial charge in [-0.2, -0.15) is 0 Å². The van der Waals surface area contributed by atoms with Crippen LogP contribution < -0.4 is 10.6 Å². The van der Waals surface area contributed by atoms with E-state index in [0.717, 1.165) is 68.7 Å². The molecule has 3 N–H and O–H groups in total. The number of aliphatic hydroxyl groups excluding tert-OH is 1. The van der Waals surface area contributed by atoms with E-state index in [1.807, 2.05) is 6.33 Å². The lowest BCUT2D eigenvalue weighted by Crippen LogP contribution is -2.44. The van der Waals surface area contributed by atoms with Gasteiger partial charge in [-0.3, -0.25) is 0 Å². The predicted octanol–water partition coefficient (Wildman–Crippen LogP) is 1.65. The molecule has 0 aliphatic carbocycles. The highest BCUT2D eigenvalue weighted by Crippen LogP contribution is 2.23. The monoisotopic (exact) mass is 454 g/mol. The Morgan fingerprint density at radius 2 is 2.04 bits per heavy atom. The van der Waals surface area contributed by atoms with Crippen molar-refractivity contribution in [3.63, 3.8) is 0 Å². The first kappa shape index (κ1) is 25.3. The highest BCUT2D eigenvalue weighted by Gasteiger charge is 2.23. The number of hydrogen-bond acceptors (Lipinski definition) is 7. The standard InChI is InChI=1S/C17H26N6O2.3ClH/c24-13-4-1-5-19-12(13)3-2-7-23-11-22-16-15(20-10-21-17(16)23)14-9-18-6-8-25-14;;;/h10-14,18-19,24H,1-9H2;3*1H/t12-,13+,14?;;;/m1.../s1. The molecule has 8 nitrogen and oxygen atoms in total. The maximum atomic E-state index is 10.1. The van der Waals surface area contributed by atoms with Crippen LogP contribution in [-0.2, 0) is 11.3 Å². The SMILES string of the molecule is Cl.Cl.Cl.O[C@H]1CCCN[C@@H]1CCCn1cnc2c(C3CNCCO3)ncnc21. The molecule has 0 aromatic carbocycles. The number of ether oxygens (including phenoxy) is 1. The number of aryl methyl sites for hydroxylation is 1. The number of aliphatic hydroxyl groups is 1. The lowest BCUT2D eigenvalue weighted by atomic mass is 9.97. The summed E-state index contributed by atoms with van der Waals surface area (Å²) in [4.78, 5) is 13.4. The molecule has 0 spiro atoms. The van der Waals surface area contributed by atoms with Crippen LogP contribution in [0.4, 0.5) is 0 Å². The fraction of sp³-hybridized carbons (Fsp3) is 0.706. The Hall–Kier alpha value is -0.740. The van der Waals surface area contributed by atoms with E-state index in [0.29, 0.717) is 6.61 Å². The number of aromatic nitrogens is 4. The average molecular weight is 456 g/mol. The Kier molecular flexibility index (Phi) is 10.9. The van der Waals surface area contributed by atoms with Crippen molar-refractivity contribution in [1.29, 1.82) is 0 Å². The second kappa shape index (κ2) is 12.1. The zero-order valence-corrected chi connectivity index (χ0v) is 18.1. The van der Waals surface area contributed by atoms with Gasteiger partial charge in [-0.25, -0.2) is 15.0 Å². The molecule has 11 heteroatoms. The van der Waals surface area contributed by atoms with Crippen LogP contribution in [-0.4, -0.2) is 63.0 Å². The summed E-state index contributed by atoms with van der Waals surface area (Å²) < 4.78 is 7.89. The minimum atomic E-state index is -0.224. The van der Waals surface area contributed by atoms with Crippen molar-refractivity contribution >= 4 is 48.4 Å². The van der Waals surface area contributed by atoms with Crippen molar-refractivity contribution in [3.05, 3.63) is 18.3 Å². The van der Waals surface area contributed by atoms with Crippen LogP contribution in [0.25, 0.3) is 11.2 Å². The van der Waals surface area contributed by atoms with Gasteiger partial charge >= 0.3 is 0 Å². The van der Waals surface area contributed by atoms with E-state index in [4.69, 9.17) is 4.74 Å². The first-order valence-electron chi connectivity index (χ1n) is 9.22. The number of imidazole rings is 1. The topological polar surface area (TPSA) is 97.1 Å². The fourth-order valence-corrected chi connectivity index (χ4v) is 3.75. The van der Waals surface area contributed by atoms with Crippen molar-refractivity contribution in [2.24, 2.45) is 0 Å². The largest absolute Gasteiger partial charge is 0.392 e. The Balaban J connectivity index is 0.00000131. The van der Waals surface area contributed by atoms with Gasteiger partial charge in [0.15, 0.2) is 5.65 Å². The lowest BCUT2D eigenvalue weighted by Gasteiger charge is -2.28. The van der Waals surface area contributed by atoms with Crippen molar-refractivity contribution in [3.8, 4) is 0 Å². The van der Waals surface area contributed by atoms with Crippen LogP contribution in [0.3, 0.4) is 0 Å². The molecule has 0 amide bonds. The molecule has 2 aliphatic rings. The maximum absolute atomic E-state index is 10.1. The Morgan fingerprint density at radius 3 is 2.79 bits per heavy atom. The molecule has 160 valence electrons. The van der Waals surface area contributed by atoms with Crippen LogP contribution in [0, 0.1) is 0 Å². The van der Waals surface area contributed by atoms with Gasteiger partial charge in [0.25, 0.3) is 0 Å².